The Morgan fingerprint density at radius 1 is 1.22 bits per heavy atom. The number of sulfonamides is 1. The summed E-state index contributed by atoms with van der Waals surface area (Å²) in [7, 11) is -3.37. The number of nitrogens with one attached hydrogen (secondary N) is 1. The van der Waals surface area contributed by atoms with Gasteiger partial charge in [0.15, 0.2) is 0 Å². The highest BCUT2D eigenvalue weighted by Crippen LogP contribution is 2.38. The monoisotopic (exact) mass is 352 g/mol. The second-order valence-electron chi connectivity index (χ2n) is 6.20. The summed E-state index contributed by atoms with van der Waals surface area (Å²) in [5, 5.41) is 0.603. The van der Waals surface area contributed by atoms with E-state index in [-0.39, 0.29) is 5.75 Å². The van der Waals surface area contributed by atoms with E-state index < -0.39 is 10.0 Å². The van der Waals surface area contributed by atoms with E-state index in [9.17, 15) is 8.42 Å². The molecule has 1 fully saturated rings. The van der Waals surface area contributed by atoms with Crippen molar-refractivity contribution in [2.75, 3.05) is 0 Å². The molecule has 124 valence electrons. The quantitative estimate of drug-likeness (QED) is 0.861. The van der Waals surface area contributed by atoms with Gasteiger partial charge in [0.25, 0.3) is 0 Å². The van der Waals surface area contributed by atoms with Gasteiger partial charge in [-0.1, -0.05) is 23.7 Å². The number of hydrogen-bond donors (Lipinski definition) is 1. The Morgan fingerprint density at radius 2 is 1.87 bits per heavy atom. The normalized spacial score (nSPS) is 15.1. The van der Waals surface area contributed by atoms with Gasteiger partial charge in [-0.25, -0.2) is 13.1 Å². The van der Waals surface area contributed by atoms with E-state index in [1.165, 1.54) is 24.2 Å². The third kappa shape index (κ3) is 3.97. The van der Waals surface area contributed by atoms with Crippen LogP contribution in [-0.4, -0.2) is 13.0 Å². The highest BCUT2D eigenvalue weighted by molar-refractivity contribution is 7.88. The van der Waals surface area contributed by atoms with E-state index in [4.69, 9.17) is 11.6 Å². The van der Waals surface area contributed by atoms with Crippen LogP contribution in [0.2, 0.25) is 5.02 Å². The van der Waals surface area contributed by atoms with E-state index >= 15 is 0 Å². The molecule has 1 aromatic carbocycles. The number of rotatable bonds is 6. The molecule has 4 nitrogen and oxygen atoms in total. The standard InChI is InChI=1S/C17H21ClN2O2S/c1-12-9-15(13(2)20(12)17-7-8-17)10-19-23(21,22)11-14-3-5-16(18)6-4-14/h3-6,9,17,19H,7-8,10-11H2,1-2H3. The van der Waals surface area contributed by atoms with Crippen molar-refractivity contribution in [3.63, 3.8) is 0 Å². The van der Waals surface area contributed by atoms with Crippen LogP contribution in [0.15, 0.2) is 30.3 Å². The minimum Gasteiger partial charge on any atom is -0.346 e. The first-order chi connectivity index (χ1) is 10.9. The second-order valence-corrected chi connectivity index (χ2v) is 8.45. The van der Waals surface area contributed by atoms with Crippen molar-refractivity contribution < 1.29 is 8.42 Å². The molecule has 1 saturated carbocycles. The van der Waals surface area contributed by atoms with E-state index in [2.05, 4.69) is 29.2 Å². The first-order valence-corrected chi connectivity index (χ1v) is 9.78. The molecule has 1 heterocycles. The predicted octanol–water partition coefficient (Wildman–Crippen LogP) is 3.71. The summed E-state index contributed by atoms with van der Waals surface area (Å²) in [5.41, 5.74) is 4.15. The molecule has 1 aliphatic rings. The van der Waals surface area contributed by atoms with Gasteiger partial charge in [-0.15, -0.1) is 0 Å². The van der Waals surface area contributed by atoms with Crippen LogP contribution in [0.5, 0.6) is 0 Å². The van der Waals surface area contributed by atoms with Gasteiger partial charge in [-0.2, -0.15) is 0 Å². The average molecular weight is 353 g/mol. The van der Waals surface area contributed by atoms with E-state index in [1.807, 2.05) is 0 Å². The maximum atomic E-state index is 12.3. The van der Waals surface area contributed by atoms with Crippen LogP contribution >= 0.6 is 11.6 Å². The highest BCUT2D eigenvalue weighted by Gasteiger charge is 2.27. The third-order valence-electron chi connectivity index (χ3n) is 4.25. The van der Waals surface area contributed by atoms with Crippen molar-refractivity contribution in [2.45, 2.75) is 45.0 Å². The molecule has 0 atom stereocenters. The van der Waals surface area contributed by atoms with Gasteiger partial charge >= 0.3 is 0 Å². The molecule has 1 aliphatic carbocycles. The Hall–Kier alpha value is -1.30. The van der Waals surface area contributed by atoms with Gasteiger partial charge in [0.05, 0.1) is 5.75 Å². The summed E-state index contributed by atoms with van der Waals surface area (Å²) in [6.07, 6.45) is 2.44. The summed E-state index contributed by atoms with van der Waals surface area (Å²) in [6, 6.07) is 9.57. The first kappa shape index (κ1) is 16.6. The molecule has 3 rings (SSSR count). The van der Waals surface area contributed by atoms with Crippen LogP contribution in [0.25, 0.3) is 0 Å². The zero-order valence-electron chi connectivity index (χ0n) is 13.3. The van der Waals surface area contributed by atoms with E-state index in [0.717, 1.165) is 11.1 Å². The van der Waals surface area contributed by atoms with Gasteiger partial charge in [-0.05, 0) is 56.0 Å². The van der Waals surface area contributed by atoms with Gasteiger partial charge in [0.2, 0.25) is 10.0 Å². The summed E-state index contributed by atoms with van der Waals surface area (Å²) >= 11 is 5.82. The lowest BCUT2D eigenvalue weighted by Gasteiger charge is -2.09. The molecule has 0 bridgehead atoms. The maximum absolute atomic E-state index is 12.3. The number of halogens is 1. The number of benzene rings is 1. The third-order valence-corrected chi connectivity index (χ3v) is 5.80. The Morgan fingerprint density at radius 3 is 2.48 bits per heavy atom. The molecule has 23 heavy (non-hydrogen) atoms. The van der Waals surface area contributed by atoms with Crippen LogP contribution in [0.3, 0.4) is 0 Å². The molecular weight excluding hydrogens is 332 g/mol. The Balaban J connectivity index is 1.67. The van der Waals surface area contributed by atoms with Gasteiger partial charge < -0.3 is 4.57 Å². The second kappa shape index (κ2) is 6.30. The molecule has 0 aliphatic heterocycles. The van der Waals surface area contributed by atoms with E-state index in [1.54, 1.807) is 24.3 Å². The number of aryl methyl sites for hydroxylation is 1. The zero-order valence-corrected chi connectivity index (χ0v) is 14.9. The fourth-order valence-electron chi connectivity index (χ4n) is 2.96. The number of hydrogen-bond acceptors (Lipinski definition) is 2. The molecule has 0 saturated heterocycles. The Bertz CT molecular complexity index is 806. The van der Waals surface area contributed by atoms with Crippen molar-refractivity contribution >= 4 is 21.6 Å². The molecule has 1 aromatic heterocycles. The molecule has 6 heteroatoms. The van der Waals surface area contributed by atoms with Crippen molar-refractivity contribution in [3.8, 4) is 0 Å². The summed E-state index contributed by atoms with van der Waals surface area (Å²) < 4.78 is 29.5. The topological polar surface area (TPSA) is 51.1 Å². The van der Waals surface area contributed by atoms with Crippen LogP contribution in [-0.2, 0) is 22.3 Å². The number of nitrogens with zero attached hydrogens (tertiary/aromatic N) is 1. The lowest BCUT2D eigenvalue weighted by molar-refractivity contribution is 0.580. The van der Waals surface area contributed by atoms with Crippen molar-refractivity contribution in [3.05, 3.63) is 57.9 Å². The van der Waals surface area contributed by atoms with Crippen molar-refractivity contribution in [2.24, 2.45) is 0 Å². The van der Waals surface area contributed by atoms with E-state index in [0.29, 0.717) is 17.6 Å². The Kier molecular flexibility index (Phi) is 4.54. The fourth-order valence-corrected chi connectivity index (χ4v) is 4.19. The molecule has 2 aromatic rings. The van der Waals surface area contributed by atoms with Gasteiger partial charge in [0.1, 0.15) is 0 Å². The molecule has 0 radical (unpaired) electrons. The minimum absolute atomic E-state index is 0.0362. The molecule has 0 amide bonds. The lowest BCUT2D eigenvalue weighted by atomic mass is 10.2. The van der Waals surface area contributed by atoms with Crippen LogP contribution in [0, 0.1) is 13.8 Å². The average Bonchev–Trinajstić information content (AvgIpc) is 3.26. The summed E-state index contributed by atoms with van der Waals surface area (Å²) in [5.74, 6) is -0.0362. The largest absolute Gasteiger partial charge is 0.346 e. The molecule has 1 N–H and O–H groups in total. The SMILES string of the molecule is Cc1cc(CNS(=O)(=O)Cc2ccc(Cl)cc2)c(C)n1C1CC1. The number of aromatic nitrogens is 1. The van der Waals surface area contributed by atoms with Crippen molar-refractivity contribution in [1.82, 2.24) is 9.29 Å². The van der Waals surface area contributed by atoms with Crippen LogP contribution in [0.1, 0.15) is 41.4 Å². The highest BCUT2D eigenvalue weighted by atomic mass is 35.5. The minimum atomic E-state index is -3.37. The van der Waals surface area contributed by atoms with Crippen LogP contribution in [0.4, 0.5) is 0 Å². The molecule has 0 spiro atoms. The Labute approximate surface area is 142 Å². The first-order valence-electron chi connectivity index (χ1n) is 7.75. The molecule has 0 unspecified atom stereocenters. The smallest absolute Gasteiger partial charge is 0.216 e. The maximum Gasteiger partial charge on any atom is 0.216 e. The fraction of sp³-hybridized carbons (Fsp3) is 0.412. The van der Waals surface area contributed by atoms with Gasteiger partial charge in [-0.3, -0.25) is 0 Å². The van der Waals surface area contributed by atoms with Crippen molar-refractivity contribution in [1.29, 1.82) is 0 Å². The zero-order chi connectivity index (χ0) is 16.6. The predicted molar refractivity (Wildman–Crippen MR) is 93.1 cm³/mol. The van der Waals surface area contributed by atoms with Gasteiger partial charge in [0, 0.05) is 29.0 Å². The summed E-state index contributed by atoms with van der Waals surface area (Å²) in [6.45, 7) is 4.48. The lowest BCUT2D eigenvalue weighted by Crippen LogP contribution is -2.25. The molecular formula is C17H21ClN2O2S. The van der Waals surface area contributed by atoms with Crippen LogP contribution < -0.4 is 4.72 Å². The summed E-state index contributed by atoms with van der Waals surface area (Å²) in [4.78, 5) is 0.